The van der Waals surface area contributed by atoms with Gasteiger partial charge in [-0.25, -0.2) is 0 Å². The number of likely N-dealkylation sites (N-methyl/N-ethyl adjacent to an activating group) is 1. The van der Waals surface area contributed by atoms with Gasteiger partial charge in [-0.2, -0.15) is 0 Å². The van der Waals surface area contributed by atoms with Crippen molar-refractivity contribution in [3.8, 4) is 0 Å². The summed E-state index contributed by atoms with van der Waals surface area (Å²) >= 11 is 0. The monoisotopic (exact) mass is 99.1 g/mol. The summed E-state index contributed by atoms with van der Waals surface area (Å²) in [4.78, 5) is 1.99. The Bertz CT molecular complexity index is 90.1. The van der Waals surface area contributed by atoms with E-state index in [1.54, 1.807) is 0 Å². The zero-order chi connectivity index (χ0) is 5.28. The van der Waals surface area contributed by atoms with Crippen molar-refractivity contribution >= 4 is 0 Å². The second-order valence-electron chi connectivity index (χ2n) is 1.66. The fraction of sp³-hybridized carbons (Fsp3) is 0.600. The van der Waals surface area contributed by atoms with Crippen LogP contribution in [-0.2, 0) is 4.74 Å². The zero-order valence-electron chi connectivity index (χ0n) is 4.48. The maximum atomic E-state index is 5.00. The number of hydrogen-bond donors (Lipinski definition) is 0. The fourth-order valence-electron chi connectivity index (χ4n) is 0.535. The van der Waals surface area contributed by atoms with Gasteiger partial charge >= 0.3 is 0 Å². The van der Waals surface area contributed by atoms with Crippen LogP contribution in [0.25, 0.3) is 0 Å². The minimum atomic E-state index is 0.792. The van der Waals surface area contributed by atoms with E-state index in [2.05, 4.69) is 6.58 Å². The van der Waals surface area contributed by atoms with E-state index in [4.69, 9.17) is 4.74 Å². The summed E-state index contributed by atoms with van der Waals surface area (Å²) in [6.45, 7) is 5.42. The van der Waals surface area contributed by atoms with Crippen molar-refractivity contribution in [1.82, 2.24) is 4.90 Å². The first-order valence-corrected chi connectivity index (χ1v) is 2.33. The molecule has 1 aliphatic rings. The summed E-state index contributed by atoms with van der Waals surface area (Å²) in [7, 11) is 1.97. The van der Waals surface area contributed by atoms with E-state index in [1.165, 1.54) is 0 Å². The van der Waals surface area contributed by atoms with Gasteiger partial charge in [-0.15, -0.1) is 0 Å². The summed E-state index contributed by atoms with van der Waals surface area (Å²) in [5, 5.41) is 0. The first-order valence-electron chi connectivity index (χ1n) is 2.33. The van der Waals surface area contributed by atoms with Crippen LogP contribution in [-0.4, -0.2) is 25.1 Å². The molecule has 0 aromatic heterocycles. The molecule has 2 nitrogen and oxygen atoms in total. The SMILES string of the molecule is C=C1OCCN1C. The highest BCUT2D eigenvalue weighted by atomic mass is 16.5. The Kier molecular flexibility index (Phi) is 0.929. The summed E-state index contributed by atoms with van der Waals surface area (Å²) in [6.07, 6.45) is 0. The molecular weight excluding hydrogens is 90.1 g/mol. The molecule has 0 N–H and O–H groups in total. The largest absolute Gasteiger partial charge is 0.478 e. The maximum absolute atomic E-state index is 5.00. The Morgan fingerprint density at radius 1 is 1.86 bits per heavy atom. The minimum absolute atomic E-state index is 0.792. The van der Waals surface area contributed by atoms with E-state index < -0.39 is 0 Å². The molecule has 1 saturated heterocycles. The molecule has 0 saturated carbocycles. The second kappa shape index (κ2) is 1.45. The van der Waals surface area contributed by atoms with Gasteiger partial charge in [0.25, 0.3) is 0 Å². The molecule has 0 spiro atoms. The van der Waals surface area contributed by atoms with Crippen LogP contribution in [0.2, 0.25) is 0 Å². The van der Waals surface area contributed by atoms with Crippen molar-refractivity contribution < 1.29 is 4.74 Å². The van der Waals surface area contributed by atoms with Crippen molar-refractivity contribution in [3.63, 3.8) is 0 Å². The number of hydrogen-bond acceptors (Lipinski definition) is 2. The first kappa shape index (κ1) is 4.50. The Morgan fingerprint density at radius 2 is 2.57 bits per heavy atom. The van der Waals surface area contributed by atoms with E-state index in [0.29, 0.717) is 0 Å². The van der Waals surface area contributed by atoms with Gasteiger partial charge in [0, 0.05) is 7.05 Å². The summed E-state index contributed by atoms with van der Waals surface area (Å²) in [6, 6.07) is 0. The fourth-order valence-corrected chi connectivity index (χ4v) is 0.535. The molecule has 0 aliphatic carbocycles. The van der Waals surface area contributed by atoms with Crippen LogP contribution in [0.15, 0.2) is 12.5 Å². The average molecular weight is 99.1 g/mol. The Morgan fingerprint density at radius 3 is 2.71 bits per heavy atom. The predicted octanol–water partition coefficient (Wildman–Crippen LogP) is 0.420. The van der Waals surface area contributed by atoms with E-state index in [1.807, 2.05) is 11.9 Å². The molecule has 0 radical (unpaired) electrons. The minimum Gasteiger partial charge on any atom is -0.478 e. The molecule has 0 atom stereocenters. The lowest BCUT2D eigenvalue weighted by atomic mass is 10.7. The lowest BCUT2D eigenvalue weighted by Gasteiger charge is -2.05. The smallest absolute Gasteiger partial charge is 0.181 e. The highest BCUT2D eigenvalue weighted by Gasteiger charge is 2.08. The number of ether oxygens (including phenoxy) is 1. The molecule has 0 aromatic carbocycles. The van der Waals surface area contributed by atoms with Crippen molar-refractivity contribution in [1.29, 1.82) is 0 Å². The normalized spacial score (nSPS) is 20.1. The van der Waals surface area contributed by atoms with Gasteiger partial charge in [-0.3, -0.25) is 0 Å². The summed E-state index contributed by atoms with van der Waals surface area (Å²) < 4.78 is 5.00. The van der Waals surface area contributed by atoms with Gasteiger partial charge in [0.2, 0.25) is 0 Å². The molecule has 1 aliphatic heterocycles. The quantitative estimate of drug-likeness (QED) is 0.436. The zero-order valence-corrected chi connectivity index (χ0v) is 4.48. The van der Waals surface area contributed by atoms with E-state index in [0.717, 1.165) is 19.0 Å². The van der Waals surface area contributed by atoms with Crippen molar-refractivity contribution in [3.05, 3.63) is 12.5 Å². The van der Waals surface area contributed by atoms with Crippen LogP contribution in [0.5, 0.6) is 0 Å². The van der Waals surface area contributed by atoms with Gasteiger partial charge in [0.05, 0.1) is 6.54 Å². The number of nitrogens with zero attached hydrogens (tertiary/aromatic N) is 1. The van der Waals surface area contributed by atoms with Crippen molar-refractivity contribution in [2.75, 3.05) is 20.2 Å². The van der Waals surface area contributed by atoms with Crippen LogP contribution in [0.4, 0.5) is 0 Å². The lowest BCUT2D eigenvalue weighted by molar-refractivity contribution is 0.246. The molecule has 1 heterocycles. The lowest BCUT2D eigenvalue weighted by Crippen LogP contribution is -2.09. The Labute approximate surface area is 43.4 Å². The van der Waals surface area contributed by atoms with Crippen molar-refractivity contribution in [2.45, 2.75) is 0 Å². The standard InChI is InChI=1S/C5H9NO/c1-5-6(2)3-4-7-5/h1,3-4H2,2H3. The molecule has 0 unspecified atom stereocenters. The molecule has 1 fully saturated rings. The molecular formula is C5H9NO. The van der Waals surface area contributed by atoms with Crippen LogP contribution in [0.3, 0.4) is 0 Å². The Hall–Kier alpha value is -0.660. The maximum Gasteiger partial charge on any atom is 0.181 e. The highest BCUT2D eigenvalue weighted by Crippen LogP contribution is 2.06. The van der Waals surface area contributed by atoms with Gasteiger partial charge in [-0.1, -0.05) is 0 Å². The number of rotatable bonds is 0. The topological polar surface area (TPSA) is 12.5 Å². The Balaban J connectivity index is 2.48. The van der Waals surface area contributed by atoms with E-state index in [9.17, 15) is 0 Å². The molecule has 0 bridgehead atoms. The third-order valence-electron chi connectivity index (χ3n) is 1.12. The molecule has 40 valence electrons. The first-order chi connectivity index (χ1) is 3.30. The summed E-state index contributed by atoms with van der Waals surface area (Å²) in [5.74, 6) is 0.792. The highest BCUT2D eigenvalue weighted by molar-refractivity contribution is 4.85. The molecule has 0 aromatic rings. The second-order valence-corrected chi connectivity index (χ2v) is 1.66. The van der Waals surface area contributed by atoms with Gasteiger partial charge in [-0.05, 0) is 6.58 Å². The van der Waals surface area contributed by atoms with Gasteiger partial charge in [0.15, 0.2) is 5.88 Å². The molecule has 0 amide bonds. The van der Waals surface area contributed by atoms with Crippen molar-refractivity contribution in [2.24, 2.45) is 0 Å². The van der Waals surface area contributed by atoms with Crippen LogP contribution >= 0.6 is 0 Å². The van der Waals surface area contributed by atoms with Crippen LogP contribution in [0.1, 0.15) is 0 Å². The van der Waals surface area contributed by atoms with E-state index in [-0.39, 0.29) is 0 Å². The molecule has 7 heavy (non-hydrogen) atoms. The predicted molar refractivity (Wildman–Crippen MR) is 27.7 cm³/mol. The van der Waals surface area contributed by atoms with Crippen LogP contribution in [0, 0.1) is 0 Å². The molecule has 1 rings (SSSR count). The third kappa shape index (κ3) is 0.683. The van der Waals surface area contributed by atoms with E-state index >= 15 is 0 Å². The third-order valence-corrected chi connectivity index (χ3v) is 1.12. The summed E-state index contributed by atoms with van der Waals surface area (Å²) in [5.41, 5.74) is 0. The average Bonchev–Trinajstić information content (AvgIpc) is 1.91. The van der Waals surface area contributed by atoms with Gasteiger partial charge in [0.1, 0.15) is 6.61 Å². The molecule has 2 heteroatoms. The van der Waals surface area contributed by atoms with Crippen LogP contribution < -0.4 is 0 Å². The van der Waals surface area contributed by atoms with Gasteiger partial charge < -0.3 is 9.64 Å².